The highest BCUT2D eigenvalue weighted by atomic mass is 16.1. The molecule has 0 aromatic carbocycles. The topological polar surface area (TPSA) is 46.9 Å². The van der Waals surface area contributed by atoms with Gasteiger partial charge in [0.1, 0.15) is 5.82 Å². The van der Waals surface area contributed by atoms with E-state index >= 15 is 0 Å². The van der Waals surface area contributed by atoms with Crippen LogP contribution in [0.1, 0.15) is 24.1 Å². The summed E-state index contributed by atoms with van der Waals surface area (Å²) < 4.78 is 2.04. The molecule has 0 fully saturated rings. The van der Waals surface area contributed by atoms with E-state index in [-0.39, 0.29) is 5.91 Å². The molecule has 0 saturated heterocycles. The molecular formula is C13H19N3O. The van der Waals surface area contributed by atoms with Crippen LogP contribution in [0, 0.1) is 13.8 Å². The average Bonchev–Trinajstić information content (AvgIpc) is 2.51. The van der Waals surface area contributed by atoms with E-state index in [4.69, 9.17) is 0 Å². The molecule has 92 valence electrons. The van der Waals surface area contributed by atoms with Gasteiger partial charge in [0.05, 0.1) is 17.9 Å². The maximum Gasteiger partial charge on any atom is 0.246 e. The summed E-state index contributed by atoms with van der Waals surface area (Å²) in [6.07, 6.45) is 1.82. The van der Waals surface area contributed by atoms with Crippen LogP contribution < -0.4 is 5.32 Å². The minimum atomic E-state index is -0.131. The largest absolute Gasteiger partial charge is 0.347 e. The number of hydrogen-bond donors (Lipinski definition) is 1. The highest BCUT2D eigenvalue weighted by Gasteiger charge is 2.11. The van der Waals surface area contributed by atoms with Crippen molar-refractivity contribution in [2.24, 2.45) is 0 Å². The van der Waals surface area contributed by atoms with Crippen molar-refractivity contribution in [3.63, 3.8) is 0 Å². The smallest absolute Gasteiger partial charge is 0.246 e. The van der Waals surface area contributed by atoms with E-state index < -0.39 is 0 Å². The number of imidazole rings is 1. The van der Waals surface area contributed by atoms with E-state index in [1.54, 1.807) is 6.92 Å². The van der Waals surface area contributed by atoms with Gasteiger partial charge in [-0.05, 0) is 20.8 Å². The summed E-state index contributed by atoms with van der Waals surface area (Å²) >= 11 is 0. The zero-order valence-electron chi connectivity index (χ0n) is 10.7. The zero-order chi connectivity index (χ0) is 13.0. The van der Waals surface area contributed by atoms with Gasteiger partial charge < -0.3 is 9.88 Å². The number of hydrogen-bond acceptors (Lipinski definition) is 2. The second-order valence-electron chi connectivity index (χ2n) is 4.05. The Balaban J connectivity index is 2.86. The molecule has 1 amide bonds. The zero-order valence-corrected chi connectivity index (χ0v) is 10.7. The van der Waals surface area contributed by atoms with Crippen molar-refractivity contribution in [2.75, 3.05) is 0 Å². The van der Waals surface area contributed by atoms with Crippen molar-refractivity contribution in [1.82, 2.24) is 14.9 Å². The quantitative estimate of drug-likeness (QED) is 0.623. The second-order valence-corrected chi connectivity index (χ2v) is 4.05. The first-order chi connectivity index (χ1) is 7.97. The molecule has 1 N–H and O–H groups in total. The van der Waals surface area contributed by atoms with Gasteiger partial charge >= 0.3 is 0 Å². The Morgan fingerprint density at radius 3 is 2.71 bits per heavy atom. The van der Waals surface area contributed by atoms with Crippen LogP contribution >= 0.6 is 0 Å². The van der Waals surface area contributed by atoms with Crippen LogP contribution in [0.15, 0.2) is 24.8 Å². The lowest BCUT2D eigenvalue weighted by molar-refractivity contribution is -0.117. The molecule has 4 nitrogen and oxygen atoms in total. The van der Waals surface area contributed by atoms with Gasteiger partial charge in [-0.2, -0.15) is 0 Å². The molecule has 0 spiro atoms. The summed E-state index contributed by atoms with van der Waals surface area (Å²) in [5, 5.41) is 2.82. The highest BCUT2D eigenvalue weighted by molar-refractivity contribution is 5.91. The van der Waals surface area contributed by atoms with E-state index in [0.29, 0.717) is 18.7 Å². The Morgan fingerprint density at radius 2 is 2.18 bits per heavy atom. The molecule has 0 saturated carbocycles. The SMILES string of the molecule is C=CCn1c(C)nc(C)c1CNC(=O)C(=C)C. The Bertz CT molecular complexity index is 457. The Morgan fingerprint density at radius 1 is 1.53 bits per heavy atom. The number of amides is 1. The second kappa shape index (κ2) is 5.48. The molecule has 0 aliphatic rings. The molecule has 0 aliphatic carbocycles. The van der Waals surface area contributed by atoms with Crippen LogP contribution in [0.25, 0.3) is 0 Å². The van der Waals surface area contributed by atoms with Crippen molar-refractivity contribution < 1.29 is 4.79 Å². The summed E-state index contributed by atoms with van der Waals surface area (Å²) in [4.78, 5) is 15.8. The molecule has 0 atom stereocenters. The summed E-state index contributed by atoms with van der Waals surface area (Å²) in [5.41, 5.74) is 2.46. The minimum Gasteiger partial charge on any atom is -0.347 e. The van der Waals surface area contributed by atoms with Gasteiger partial charge in [0.2, 0.25) is 5.91 Å². The van der Waals surface area contributed by atoms with Crippen molar-refractivity contribution in [1.29, 1.82) is 0 Å². The predicted molar refractivity (Wildman–Crippen MR) is 68.6 cm³/mol. The first-order valence-corrected chi connectivity index (χ1v) is 5.54. The summed E-state index contributed by atoms with van der Waals surface area (Å²) in [6, 6.07) is 0. The first-order valence-electron chi connectivity index (χ1n) is 5.54. The van der Waals surface area contributed by atoms with E-state index in [1.165, 1.54) is 0 Å². The van der Waals surface area contributed by atoms with Gasteiger partial charge in [0.15, 0.2) is 0 Å². The van der Waals surface area contributed by atoms with Gasteiger partial charge in [0, 0.05) is 12.1 Å². The van der Waals surface area contributed by atoms with Gasteiger partial charge in [-0.25, -0.2) is 4.98 Å². The maximum atomic E-state index is 11.4. The standard InChI is InChI=1S/C13H19N3O/c1-6-7-16-11(5)15-10(4)12(16)8-14-13(17)9(2)3/h6H,1-2,7-8H2,3-5H3,(H,14,17). The fraction of sp³-hybridized carbons (Fsp3) is 0.385. The fourth-order valence-corrected chi connectivity index (χ4v) is 1.67. The normalized spacial score (nSPS) is 10.1. The van der Waals surface area contributed by atoms with Gasteiger partial charge in [0.25, 0.3) is 0 Å². The summed E-state index contributed by atoms with van der Waals surface area (Å²) in [7, 11) is 0. The Hall–Kier alpha value is -1.84. The summed E-state index contributed by atoms with van der Waals surface area (Å²) in [5.74, 6) is 0.801. The number of aromatic nitrogens is 2. The number of allylic oxidation sites excluding steroid dienone is 1. The molecule has 17 heavy (non-hydrogen) atoms. The maximum absolute atomic E-state index is 11.4. The monoisotopic (exact) mass is 233 g/mol. The number of carbonyl (C=O) groups excluding carboxylic acids is 1. The number of nitrogens with zero attached hydrogens (tertiary/aromatic N) is 2. The van der Waals surface area contributed by atoms with E-state index in [9.17, 15) is 4.79 Å². The van der Waals surface area contributed by atoms with Crippen LogP contribution in [0.5, 0.6) is 0 Å². The number of rotatable bonds is 5. The van der Waals surface area contributed by atoms with Gasteiger partial charge in [-0.15, -0.1) is 6.58 Å². The third-order valence-corrected chi connectivity index (χ3v) is 2.58. The molecular weight excluding hydrogens is 214 g/mol. The van der Waals surface area contributed by atoms with Crippen LogP contribution in [0.3, 0.4) is 0 Å². The van der Waals surface area contributed by atoms with E-state index in [1.807, 2.05) is 24.5 Å². The van der Waals surface area contributed by atoms with E-state index in [0.717, 1.165) is 17.2 Å². The molecule has 0 aliphatic heterocycles. The van der Waals surface area contributed by atoms with Gasteiger partial charge in [-0.3, -0.25) is 4.79 Å². The first kappa shape index (κ1) is 13.2. The third kappa shape index (κ3) is 3.06. The molecule has 0 radical (unpaired) electrons. The molecule has 1 heterocycles. The van der Waals surface area contributed by atoms with Crippen molar-refractivity contribution in [3.05, 3.63) is 42.0 Å². The fourth-order valence-electron chi connectivity index (χ4n) is 1.67. The minimum absolute atomic E-state index is 0.131. The predicted octanol–water partition coefficient (Wildman–Crippen LogP) is 1.88. The highest BCUT2D eigenvalue weighted by Crippen LogP contribution is 2.11. The summed E-state index contributed by atoms with van der Waals surface area (Å²) in [6.45, 7) is 14.1. The number of aryl methyl sites for hydroxylation is 2. The van der Waals surface area contributed by atoms with Crippen LogP contribution in [-0.2, 0) is 17.9 Å². The lowest BCUT2D eigenvalue weighted by atomic mass is 10.3. The lowest BCUT2D eigenvalue weighted by Gasteiger charge is -2.09. The van der Waals surface area contributed by atoms with Crippen LogP contribution in [0.4, 0.5) is 0 Å². The molecule has 1 aromatic heterocycles. The number of nitrogens with one attached hydrogen (secondary N) is 1. The van der Waals surface area contributed by atoms with Gasteiger partial charge in [-0.1, -0.05) is 12.7 Å². The number of carbonyl (C=O) groups is 1. The van der Waals surface area contributed by atoms with Crippen LogP contribution in [0.2, 0.25) is 0 Å². The molecule has 0 bridgehead atoms. The van der Waals surface area contributed by atoms with E-state index in [2.05, 4.69) is 23.5 Å². The Kier molecular flexibility index (Phi) is 4.26. The Labute approximate surface area is 102 Å². The van der Waals surface area contributed by atoms with Crippen molar-refractivity contribution >= 4 is 5.91 Å². The third-order valence-electron chi connectivity index (χ3n) is 2.58. The van der Waals surface area contributed by atoms with Crippen molar-refractivity contribution in [3.8, 4) is 0 Å². The lowest BCUT2D eigenvalue weighted by Crippen LogP contribution is -2.25. The molecule has 0 unspecified atom stereocenters. The molecule has 4 heteroatoms. The van der Waals surface area contributed by atoms with Crippen molar-refractivity contribution in [2.45, 2.75) is 33.9 Å². The molecule has 1 aromatic rings. The average molecular weight is 233 g/mol. The van der Waals surface area contributed by atoms with Crippen LogP contribution in [-0.4, -0.2) is 15.5 Å². The molecule has 1 rings (SSSR count).